The molecule has 39 heavy (non-hydrogen) atoms. The van der Waals surface area contributed by atoms with Gasteiger partial charge in [-0.3, -0.25) is 19.2 Å². The number of aliphatic carboxylic acids is 2. The number of carbonyl (C=O) groups is 5. The van der Waals surface area contributed by atoms with E-state index in [4.69, 9.17) is 5.73 Å². The van der Waals surface area contributed by atoms with Gasteiger partial charge in [-0.25, -0.2) is 4.79 Å². The summed E-state index contributed by atoms with van der Waals surface area (Å²) in [6.07, 6.45) is -0.960. The Morgan fingerprint density at radius 3 is 1.74 bits per heavy atom. The Labute approximate surface area is 225 Å². The summed E-state index contributed by atoms with van der Waals surface area (Å²) >= 11 is 0. The molecule has 4 atom stereocenters. The van der Waals surface area contributed by atoms with Crippen molar-refractivity contribution in [3.05, 3.63) is 65.7 Å². The third-order valence-corrected chi connectivity index (χ3v) is 5.94. The molecular formula is C27H34N4O8. The summed E-state index contributed by atoms with van der Waals surface area (Å²) in [5, 5.41) is 35.7. The molecule has 0 aliphatic carbocycles. The number of nitrogens with one attached hydrogen (secondary N) is 3. The number of benzene rings is 2. The second-order valence-electron chi connectivity index (χ2n) is 9.45. The van der Waals surface area contributed by atoms with E-state index < -0.39 is 60.2 Å². The largest absolute Gasteiger partial charge is 0.508 e. The van der Waals surface area contributed by atoms with Crippen LogP contribution in [0.4, 0.5) is 0 Å². The zero-order chi connectivity index (χ0) is 29.1. The lowest BCUT2D eigenvalue weighted by atomic mass is 10.0. The van der Waals surface area contributed by atoms with Crippen molar-refractivity contribution >= 4 is 29.7 Å². The number of carboxylic acid groups (broad SMARTS) is 2. The first-order valence-corrected chi connectivity index (χ1v) is 12.3. The fraction of sp³-hybridized carbons (Fsp3) is 0.370. The number of carbonyl (C=O) groups excluding carboxylic acids is 3. The van der Waals surface area contributed by atoms with Gasteiger partial charge in [0.05, 0.1) is 12.5 Å². The molecule has 0 heterocycles. The van der Waals surface area contributed by atoms with Gasteiger partial charge in [-0.2, -0.15) is 0 Å². The highest BCUT2D eigenvalue weighted by Crippen LogP contribution is 2.12. The number of aromatic hydroxyl groups is 1. The van der Waals surface area contributed by atoms with Gasteiger partial charge in [0, 0.05) is 12.8 Å². The summed E-state index contributed by atoms with van der Waals surface area (Å²) in [5.74, 6) is -5.51. The van der Waals surface area contributed by atoms with Crippen molar-refractivity contribution in [1.29, 1.82) is 0 Å². The number of phenolic OH excluding ortho intramolecular Hbond substituents is 1. The quantitative estimate of drug-likeness (QED) is 0.173. The molecule has 0 radical (unpaired) electrons. The third kappa shape index (κ3) is 10.1. The summed E-state index contributed by atoms with van der Waals surface area (Å²) in [7, 11) is 0. The van der Waals surface area contributed by atoms with Crippen molar-refractivity contribution in [2.24, 2.45) is 11.7 Å². The van der Waals surface area contributed by atoms with Gasteiger partial charge in [0.2, 0.25) is 17.7 Å². The molecule has 4 unspecified atom stereocenters. The van der Waals surface area contributed by atoms with Gasteiger partial charge in [0.15, 0.2) is 0 Å². The fourth-order valence-electron chi connectivity index (χ4n) is 3.63. The summed E-state index contributed by atoms with van der Waals surface area (Å²) in [4.78, 5) is 62.1. The highest BCUT2D eigenvalue weighted by Gasteiger charge is 2.32. The van der Waals surface area contributed by atoms with Crippen LogP contribution in [0.15, 0.2) is 54.6 Å². The average molecular weight is 543 g/mol. The zero-order valence-electron chi connectivity index (χ0n) is 21.7. The molecule has 210 valence electrons. The van der Waals surface area contributed by atoms with Crippen molar-refractivity contribution in [3.63, 3.8) is 0 Å². The van der Waals surface area contributed by atoms with E-state index in [1.165, 1.54) is 24.3 Å². The number of hydrogen-bond donors (Lipinski definition) is 7. The second kappa shape index (κ2) is 14.5. The standard InChI is InChI=1S/C27H34N4O8/c1-15(2)23(28)26(37)30-19(12-17-8-10-18(32)11-9-17)24(35)29-20(14-22(33)34)25(36)31-21(27(38)39)13-16-6-4-3-5-7-16/h3-11,15,19-21,23,32H,12-14,28H2,1-2H3,(H,29,35)(H,30,37)(H,31,36)(H,33,34)(H,38,39). The predicted molar refractivity (Wildman–Crippen MR) is 140 cm³/mol. The first-order valence-electron chi connectivity index (χ1n) is 12.3. The van der Waals surface area contributed by atoms with Crippen LogP contribution in [0.3, 0.4) is 0 Å². The van der Waals surface area contributed by atoms with Crippen LogP contribution in [0.2, 0.25) is 0 Å². The van der Waals surface area contributed by atoms with Crippen LogP contribution in [0.5, 0.6) is 5.75 Å². The normalized spacial score (nSPS) is 13.9. The topological polar surface area (TPSA) is 208 Å². The number of hydrogen-bond acceptors (Lipinski definition) is 7. The Morgan fingerprint density at radius 2 is 1.21 bits per heavy atom. The van der Waals surface area contributed by atoms with Gasteiger partial charge < -0.3 is 37.0 Å². The predicted octanol–water partition coefficient (Wildman–Crippen LogP) is 0.174. The maximum atomic E-state index is 13.2. The smallest absolute Gasteiger partial charge is 0.326 e. The summed E-state index contributed by atoms with van der Waals surface area (Å²) in [6, 6.07) is 9.16. The van der Waals surface area contributed by atoms with E-state index in [9.17, 15) is 39.3 Å². The molecule has 0 aliphatic heterocycles. The van der Waals surface area contributed by atoms with Gasteiger partial charge >= 0.3 is 11.9 Å². The zero-order valence-corrected chi connectivity index (χ0v) is 21.7. The lowest BCUT2D eigenvalue weighted by molar-refractivity contribution is -0.143. The lowest BCUT2D eigenvalue weighted by Gasteiger charge is -2.25. The molecule has 12 nitrogen and oxygen atoms in total. The number of rotatable bonds is 14. The summed E-state index contributed by atoms with van der Waals surface area (Å²) < 4.78 is 0. The van der Waals surface area contributed by atoms with Crippen LogP contribution in [0.1, 0.15) is 31.4 Å². The van der Waals surface area contributed by atoms with Gasteiger partial charge in [0.25, 0.3) is 0 Å². The number of amides is 3. The van der Waals surface area contributed by atoms with E-state index in [2.05, 4.69) is 16.0 Å². The Balaban J connectivity index is 2.24. The summed E-state index contributed by atoms with van der Waals surface area (Å²) in [5.41, 5.74) is 7.09. The molecule has 3 amide bonds. The minimum atomic E-state index is -1.63. The third-order valence-electron chi connectivity index (χ3n) is 5.94. The highest BCUT2D eigenvalue weighted by atomic mass is 16.4. The van der Waals surface area contributed by atoms with Gasteiger partial charge in [-0.1, -0.05) is 56.3 Å². The highest BCUT2D eigenvalue weighted by molar-refractivity contribution is 5.95. The molecule has 0 spiro atoms. The van der Waals surface area contributed by atoms with Crippen LogP contribution < -0.4 is 21.7 Å². The van der Waals surface area contributed by atoms with E-state index in [-0.39, 0.29) is 24.5 Å². The van der Waals surface area contributed by atoms with Crippen molar-refractivity contribution in [2.45, 2.75) is 57.3 Å². The maximum absolute atomic E-state index is 13.2. The molecule has 0 fully saturated rings. The number of nitrogens with two attached hydrogens (primary N) is 1. The molecular weight excluding hydrogens is 508 g/mol. The SMILES string of the molecule is CC(C)C(N)C(=O)NC(Cc1ccc(O)cc1)C(=O)NC(CC(=O)O)C(=O)NC(Cc1ccccc1)C(=O)O. The molecule has 0 bridgehead atoms. The Bertz CT molecular complexity index is 1150. The Kier molecular flexibility index (Phi) is 11.4. The molecule has 2 aromatic carbocycles. The molecule has 12 heteroatoms. The molecule has 2 aromatic rings. The van der Waals surface area contributed by atoms with Gasteiger partial charge in [0.1, 0.15) is 23.9 Å². The minimum absolute atomic E-state index is 0.00713. The second-order valence-corrected chi connectivity index (χ2v) is 9.45. The van der Waals surface area contributed by atoms with Crippen LogP contribution >= 0.6 is 0 Å². The Morgan fingerprint density at radius 1 is 0.718 bits per heavy atom. The van der Waals surface area contributed by atoms with Crippen LogP contribution in [0.25, 0.3) is 0 Å². The first-order chi connectivity index (χ1) is 18.4. The molecule has 8 N–H and O–H groups in total. The van der Waals surface area contributed by atoms with Crippen molar-refractivity contribution in [1.82, 2.24) is 16.0 Å². The van der Waals surface area contributed by atoms with Crippen molar-refractivity contribution < 1.29 is 39.3 Å². The first kappa shape index (κ1) is 30.8. The lowest BCUT2D eigenvalue weighted by Crippen LogP contribution is -2.58. The minimum Gasteiger partial charge on any atom is -0.508 e. The van der Waals surface area contributed by atoms with E-state index in [0.29, 0.717) is 11.1 Å². The van der Waals surface area contributed by atoms with Gasteiger partial charge in [-0.05, 0) is 29.2 Å². The average Bonchev–Trinajstić information content (AvgIpc) is 2.88. The van der Waals surface area contributed by atoms with Gasteiger partial charge in [-0.15, -0.1) is 0 Å². The molecule has 2 rings (SSSR count). The van der Waals surface area contributed by atoms with Crippen LogP contribution in [-0.4, -0.2) is 69.1 Å². The maximum Gasteiger partial charge on any atom is 0.326 e. The number of carboxylic acids is 2. The van der Waals surface area contributed by atoms with Crippen LogP contribution in [-0.2, 0) is 36.8 Å². The summed E-state index contributed by atoms with van der Waals surface area (Å²) in [6.45, 7) is 3.45. The van der Waals surface area contributed by atoms with Crippen molar-refractivity contribution in [3.8, 4) is 5.75 Å². The fourth-order valence-corrected chi connectivity index (χ4v) is 3.63. The van der Waals surface area contributed by atoms with E-state index >= 15 is 0 Å². The Hall–Kier alpha value is -4.45. The van der Waals surface area contributed by atoms with E-state index in [1.54, 1.807) is 44.2 Å². The van der Waals surface area contributed by atoms with E-state index in [0.717, 1.165) is 0 Å². The van der Waals surface area contributed by atoms with Crippen LogP contribution in [0, 0.1) is 5.92 Å². The molecule has 0 saturated heterocycles. The van der Waals surface area contributed by atoms with E-state index in [1.807, 2.05) is 0 Å². The molecule has 0 saturated carbocycles. The molecule has 0 aromatic heterocycles. The van der Waals surface area contributed by atoms with Crippen molar-refractivity contribution in [2.75, 3.05) is 0 Å². The number of phenols is 1. The monoisotopic (exact) mass is 542 g/mol. The molecule has 0 aliphatic rings.